The molecule has 3 N–H and O–H groups in total. The van der Waals surface area contributed by atoms with Crippen LogP contribution in [0, 0.1) is 0 Å². The highest BCUT2D eigenvalue weighted by Gasteiger charge is 2.10. The molecule has 0 aromatic carbocycles. The molecule has 1 amide bonds. The Labute approximate surface area is 145 Å². The SMILES string of the molecule is CN(C)c1ccc(-c2cc3nccnc3c(NCCC(N)=O)n2)cn1. The predicted octanol–water partition coefficient (Wildman–Crippen LogP) is 1.44. The number of hydrogen-bond donors (Lipinski definition) is 2. The van der Waals surface area contributed by atoms with Gasteiger partial charge in [-0.3, -0.25) is 9.78 Å². The molecule has 8 nitrogen and oxygen atoms in total. The molecule has 0 bridgehead atoms. The lowest BCUT2D eigenvalue weighted by molar-refractivity contribution is -0.117. The summed E-state index contributed by atoms with van der Waals surface area (Å²) >= 11 is 0. The molecular formula is C17H19N7O. The van der Waals surface area contributed by atoms with Crippen molar-refractivity contribution in [3.05, 3.63) is 36.8 Å². The van der Waals surface area contributed by atoms with E-state index >= 15 is 0 Å². The third kappa shape index (κ3) is 3.79. The van der Waals surface area contributed by atoms with Gasteiger partial charge in [-0.15, -0.1) is 0 Å². The molecule has 3 rings (SSSR count). The molecule has 0 aliphatic heterocycles. The minimum Gasteiger partial charge on any atom is -0.370 e. The molecule has 8 heteroatoms. The summed E-state index contributed by atoms with van der Waals surface area (Å²) in [7, 11) is 3.87. The fraction of sp³-hybridized carbons (Fsp3) is 0.235. The number of primary amides is 1. The van der Waals surface area contributed by atoms with Crippen LogP contribution in [0.3, 0.4) is 0 Å². The van der Waals surface area contributed by atoms with Gasteiger partial charge < -0.3 is 16.0 Å². The third-order valence-electron chi connectivity index (χ3n) is 3.62. The number of fused-ring (bicyclic) bond motifs is 1. The first-order chi connectivity index (χ1) is 12.0. The van der Waals surface area contributed by atoms with Gasteiger partial charge in [-0.05, 0) is 18.2 Å². The first-order valence-corrected chi connectivity index (χ1v) is 7.82. The van der Waals surface area contributed by atoms with Crippen molar-refractivity contribution in [2.45, 2.75) is 6.42 Å². The van der Waals surface area contributed by atoms with Crippen molar-refractivity contribution in [1.29, 1.82) is 0 Å². The van der Waals surface area contributed by atoms with E-state index < -0.39 is 0 Å². The third-order valence-corrected chi connectivity index (χ3v) is 3.62. The normalized spacial score (nSPS) is 10.6. The van der Waals surface area contributed by atoms with Crippen molar-refractivity contribution in [3.8, 4) is 11.3 Å². The van der Waals surface area contributed by atoms with Crippen LogP contribution in [0.25, 0.3) is 22.3 Å². The summed E-state index contributed by atoms with van der Waals surface area (Å²) < 4.78 is 0. The zero-order valence-electron chi connectivity index (χ0n) is 14.1. The number of rotatable bonds is 6. The number of carbonyl (C=O) groups excluding carboxylic acids is 1. The summed E-state index contributed by atoms with van der Waals surface area (Å²) in [6.07, 6.45) is 5.23. The maximum Gasteiger partial charge on any atom is 0.219 e. The number of anilines is 2. The Balaban J connectivity index is 1.99. The molecule has 0 atom stereocenters. The predicted molar refractivity (Wildman–Crippen MR) is 97.2 cm³/mol. The number of nitrogens with two attached hydrogens (primary N) is 1. The molecule has 3 heterocycles. The Bertz CT molecular complexity index is 893. The monoisotopic (exact) mass is 337 g/mol. The van der Waals surface area contributed by atoms with Crippen LogP contribution in [-0.4, -0.2) is 46.5 Å². The van der Waals surface area contributed by atoms with Gasteiger partial charge >= 0.3 is 0 Å². The number of pyridine rings is 2. The highest BCUT2D eigenvalue weighted by molar-refractivity contribution is 5.88. The summed E-state index contributed by atoms with van der Waals surface area (Å²) in [5.41, 5.74) is 8.15. The van der Waals surface area contributed by atoms with Crippen molar-refractivity contribution >= 4 is 28.6 Å². The summed E-state index contributed by atoms with van der Waals surface area (Å²) in [4.78, 5) is 30.6. The number of hydrogen-bond acceptors (Lipinski definition) is 7. The number of amides is 1. The molecule has 3 aromatic rings. The Hall–Kier alpha value is -3.29. The highest BCUT2D eigenvalue weighted by atomic mass is 16.1. The molecule has 0 spiro atoms. The second-order valence-corrected chi connectivity index (χ2v) is 5.72. The molecule has 0 aliphatic rings. The van der Waals surface area contributed by atoms with Crippen LogP contribution in [0.5, 0.6) is 0 Å². The van der Waals surface area contributed by atoms with E-state index in [0.29, 0.717) is 23.4 Å². The van der Waals surface area contributed by atoms with Crippen LogP contribution < -0.4 is 16.0 Å². The molecule has 0 aliphatic carbocycles. The van der Waals surface area contributed by atoms with E-state index in [4.69, 9.17) is 5.73 Å². The molecule has 0 unspecified atom stereocenters. The Morgan fingerprint density at radius 1 is 1.20 bits per heavy atom. The number of nitrogens with one attached hydrogen (secondary N) is 1. The van der Waals surface area contributed by atoms with E-state index in [2.05, 4.69) is 25.3 Å². The van der Waals surface area contributed by atoms with Gasteiger partial charge in [0.05, 0.1) is 11.2 Å². The Morgan fingerprint density at radius 3 is 2.68 bits per heavy atom. The molecule has 0 saturated carbocycles. The first kappa shape index (κ1) is 16.6. The van der Waals surface area contributed by atoms with Crippen LogP contribution >= 0.6 is 0 Å². The van der Waals surface area contributed by atoms with Crippen molar-refractivity contribution in [2.75, 3.05) is 30.9 Å². The lowest BCUT2D eigenvalue weighted by Crippen LogP contribution is -2.16. The Kier molecular flexibility index (Phi) is 4.69. The van der Waals surface area contributed by atoms with Crippen molar-refractivity contribution in [2.24, 2.45) is 5.73 Å². The zero-order chi connectivity index (χ0) is 17.8. The lowest BCUT2D eigenvalue weighted by Gasteiger charge is -2.12. The van der Waals surface area contributed by atoms with Gasteiger partial charge in [0, 0.05) is 51.2 Å². The largest absolute Gasteiger partial charge is 0.370 e. The van der Waals surface area contributed by atoms with E-state index in [1.807, 2.05) is 37.2 Å². The summed E-state index contributed by atoms with van der Waals surface area (Å²) in [5.74, 6) is 1.06. The molecular weight excluding hydrogens is 318 g/mol. The van der Waals surface area contributed by atoms with Crippen LogP contribution in [0.1, 0.15) is 6.42 Å². The molecule has 0 fully saturated rings. The fourth-order valence-corrected chi connectivity index (χ4v) is 2.35. The van der Waals surface area contributed by atoms with Crippen molar-refractivity contribution in [3.63, 3.8) is 0 Å². The minimum absolute atomic E-state index is 0.215. The minimum atomic E-state index is -0.373. The fourth-order valence-electron chi connectivity index (χ4n) is 2.35. The molecule has 128 valence electrons. The average molecular weight is 337 g/mol. The average Bonchev–Trinajstić information content (AvgIpc) is 2.61. The van der Waals surface area contributed by atoms with E-state index in [1.165, 1.54) is 0 Å². The van der Waals surface area contributed by atoms with Crippen LogP contribution in [0.2, 0.25) is 0 Å². The number of nitrogens with zero attached hydrogens (tertiary/aromatic N) is 5. The second kappa shape index (κ2) is 7.08. The van der Waals surface area contributed by atoms with Gasteiger partial charge in [0.15, 0.2) is 5.82 Å². The van der Waals surface area contributed by atoms with Crippen LogP contribution in [-0.2, 0) is 4.79 Å². The standard InChI is InChI=1S/C17H19N7O/c1-24(2)15-4-3-11(10-22-15)12-9-13-16(20-8-7-19-13)17(23-12)21-6-5-14(18)25/h3-4,7-10H,5-6H2,1-2H3,(H2,18,25)(H,21,23). The molecule has 0 radical (unpaired) electrons. The molecule has 25 heavy (non-hydrogen) atoms. The van der Waals surface area contributed by atoms with Crippen LogP contribution in [0.15, 0.2) is 36.8 Å². The van der Waals surface area contributed by atoms with E-state index in [-0.39, 0.29) is 12.3 Å². The number of carbonyl (C=O) groups is 1. The van der Waals surface area contributed by atoms with E-state index in [9.17, 15) is 4.79 Å². The van der Waals surface area contributed by atoms with Gasteiger partial charge in [-0.25, -0.2) is 15.0 Å². The maximum absolute atomic E-state index is 11.0. The number of aromatic nitrogens is 4. The summed E-state index contributed by atoms with van der Waals surface area (Å²) in [6, 6.07) is 5.76. The highest BCUT2D eigenvalue weighted by Crippen LogP contribution is 2.25. The zero-order valence-corrected chi connectivity index (χ0v) is 14.1. The van der Waals surface area contributed by atoms with Gasteiger partial charge in [-0.2, -0.15) is 0 Å². The Morgan fingerprint density at radius 2 is 2.00 bits per heavy atom. The van der Waals surface area contributed by atoms with E-state index in [0.717, 1.165) is 17.1 Å². The van der Waals surface area contributed by atoms with E-state index in [1.54, 1.807) is 18.6 Å². The lowest BCUT2D eigenvalue weighted by atomic mass is 10.1. The van der Waals surface area contributed by atoms with Gasteiger partial charge in [0.2, 0.25) is 5.91 Å². The first-order valence-electron chi connectivity index (χ1n) is 7.82. The summed E-state index contributed by atoms with van der Waals surface area (Å²) in [5, 5.41) is 3.12. The van der Waals surface area contributed by atoms with Crippen molar-refractivity contribution in [1.82, 2.24) is 19.9 Å². The smallest absolute Gasteiger partial charge is 0.219 e. The van der Waals surface area contributed by atoms with Gasteiger partial charge in [0.25, 0.3) is 0 Å². The molecule has 3 aromatic heterocycles. The van der Waals surface area contributed by atoms with Crippen LogP contribution in [0.4, 0.5) is 11.6 Å². The second-order valence-electron chi connectivity index (χ2n) is 5.72. The summed E-state index contributed by atoms with van der Waals surface area (Å²) in [6.45, 7) is 0.384. The maximum atomic E-state index is 11.0. The van der Waals surface area contributed by atoms with Crippen molar-refractivity contribution < 1.29 is 4.79 Å². The topological polar surface area (TPSA) is 110 Å². The quantitative estimate of drug-likeness (QED) is 0.700. The van der Waals surface area contributed by atoms with Gasteiger partial charge in [-0.1, -0.05) is 0 Å². The molecule has 0 saturated heterocycles. The van der Waals surface area contributed by atoms with Gasteiger partial charge in [0.1, 0.15) is 11.3 Å².